The topological polar surface area (TPSA) is 38.7 Å². The SMILES string of the molecule is c1ccc(-c2cc(-c3cc(-c4cc5ccccc5cn4)cc(-c4cc5ccccc5cn4)c3)cc(-c3ccccc3)n2)cc1. The first-order valence-electron chi connectivity index (χ1n) is 14.8. The lowest BCUT2D eigenvalue weighted by Crippen LogP contribution is -1.93. The molecule has 3 heterocycles. The number of fused-ring (bicyclic) bond motifs is 2. The van der Waals surface area contributed by atoms with Gasteiger partial charge in [0.1, 0.15) is 0 Å². The number of benzene rings is 5. The van der Waals surface area contributed by atoms with Crippen LogP contribution in [0.15, 0.2) is 164 Å². The van der Waals surface area contributed by atoms with Crippen molar-refractivity contribution in [2.75, 3.05) is 0 Å². The normalized spacial score (nSPS) is 11.2. The molecule has 3 nitrogen and oxygen atoms in total. The second-order valence-corrected chi connectivity index (χ2v) is 11.0. The standard InChI is InChI=1S/C41H27N3/c1-3-11-28(12-4-1)40-24-35(25-41(44-40)29-13-5-2-6-14-29)34-19-36(38-22-30-15-7-9-17-32(30)26-42-38)21-37(20-34)39-23-31-16-8-10-18-33(31)27-43-39/h1-27H. The van der Waals surface area contributed by atoms with Gasteiger partial charge in [0, 0.05) is 45.4 Å². The van der Waals surface area contributed by atoms with Crippen LogP contribution in [-0.4, -0.2) is 15.0 Å². The number of aromatic nitrogens is 3. The third-order valence-corrected chi connectivity index (χ3v) is 8.08. The smallest absolute Gasteiger partial charge is 0.0715 e. The Morgan fingerprint density at radius 1 is 0.273 bits per heavy atom. The number of hydrogen-bond donors (Lipinski definition) is 0. The monoisotopic (exact) mass is 561 g/mol. The zero-order chi connectivity index (χ0) is 29.3. The summed E-state index contributed by atoms with van der Waals surface area (Å²) < 4.78 is 0. The van der Waals surface area contributed by atoms with E-state index >= 15 is 0 Å². The second-order valence-electron chi connectivity index (χ2n) is 11.0. The quantitative estimate of drug-likeness (QED) is 0.210. The van der Waals surface area contributed by atoms with E-state index in [9.17, 15) is 0 Å². The lowest BCUT2D eigenvalue weighted by Gasteiger charge is -2.14. The maximum Gasteiger partial charge on any atom is 0.0715 e. The average Bonchev–Trinajstić information content (AvgIpc) is 3.11. The fraction of sp³-hybridized carbons (Fsp3) is 0. The van der Waals surface area contributed by atoms with Crippen molar-refractivity contribution in [2.45, 2.75) is 0 Å². The highest BCUT2D eigenvalue weighted by Gasteiger charge is 2.14. The summed E-state index contributed by atoms with van der Waals surface area (Å²) in [6.07, 6.45) is 3.91. The molecule has 0 fully saturated rings. The second kappa shape index (κ2) is 11.0. The predicted molar refractivity (Wildman–Crippen MR) is 182 cm³/mol. The Balaban J connectivity index is 1.36. The fourth-order valence-electron chi connectivity index (χ4n) is 5.78. The lowest BCUT2D eigenvalue weighted by molar-refractivity contribution is 1.32. The molecule has 8 rings (SSSR count). The van der Waals surface area contributed by atoms with Gasteiger partial charge in [-0.05, 0) is 64.4 Å². The van der Waals surface area contributed by atoms with E-state index in [1.807, 2.05) is 36.7 Å². The van der Waals surface area contributed by atoms with Gasteiger partial charge in [0.25, 0.3) is 0 Å². The van der Waals surface area contributed by atoms with Crippen molar-refractivity contribution in [3.63, 3.8) is 0 Å². The Morgan fingerprint density at radius 2 is 0.659 bits per heavy atom. The molecule has 0 N–H and O–H groups in total. The van der Waals surface area contributed by atoms with Gasteiger partial charge in [-0.1, -0.05) is 109 Å². The minimum absolute atomic E-state index is 0.924. The zero-order valence-corrected chi connectivity index (χ0v) is 23.9. The van der Waals surface area contributed by atoms with Crippen LogP contribution in [0.5, 0.6) is 0 Å². The molecule has 0 saturated heterocycles. The summed E-state index contributed by atoms with van der Waals surface area (Å²) in [6, 6.07) is 52.8. The molecule has 3 aromatic heterocycles. The van der Waals surface area contributed by atoms with Crippen molar-refractivity contribution >= 4 is 21.5 Å². The Kier molecular flexibility index (Phi) is 6.47. The highest BCUT2D eigenvalue weighted by Crippen LogP contribution is 2.36. The van der Waals surface area contributed by atoms with E-state index in [-0.39, 0.29) is 0 Å². The third kappa shape index (κ3) is 5.01. The molecular weight excluding hydrogens is 534 g/mol. The van der Waals surface area contributed by atoms with Crippen LogP contribution in [0, 0.1) is 0 Å². The van der Waals surface area contributed by atoms with Crippen molar-refractivity contribution in [3.05, 3.63) is 164 Å². The van der Waals surface area contributed by atoms with Gasteiger partial charge in [0.15, 0.2) is 0 Å². The molecule has 0 aliphatic heterocycles. The Hall–Kier alpha value is -5.93. The van der Waals surface area contributed by atoms with Gasteiger partial charge in [0.2, 0.25) is 0 Å². The van der Waals surface area contributed by atoms with Crippen LogP contribution in [0.25, 0.3) is 77.7 Å². The summed E-state index contributed by atoms with van der Waals surface area (Å²) in [6.45, 7) is 0. The Labute approximate surface area is 256 Å². The van der Waals surface area contributed by atoms with Crippen LogP contribution in [0.3, 0.4) is 0 Å². The van der Waals surface area contributed by atoms with E-state index in [0.717, 1.165) is 77.7 Å². The fourth-order valence-corrected chi connectivity index (χ4v) is 5.78. The van der Waals surface area contributed by atoms with Crippen LogP contribution in [0.1, 0.15) is 0 Å². The molecule has 5 aromatic carbocycles. The van der Waals surface area contributed by atoms with Gasteiger partial charge in [0.05, 0.1) is 22.8 Å². The van der Waals surface area contributed by atoms with Crippen molar-refractivity contribution in [1.29, 1.82) is 0 Å². The van der Waals surface area contributed by atoms with Crippen molar-refractivity contribution in [2.24, 2.45) is 0 Å². The molecule has 3 heteroatoms. The summed E-state index contributed by atoms with van der Waals surface area (Å²) in [5.41, 5.74) is 10.1. The summed E-state index contributed by atoms with van der Waals surface area (Å²) in [7, 11) is 0. The summed E-state index contributed by atoms with van der Waals surface area (Å²) >= 11 is 0. The molecule has 0 spiro atoms. The molecule has 0 unspecified atom stereocenters. The van der Waals surface area contributed by atoms with E-state index in [1.165, 1.54) is 0 Å². The largest absolute Gasteiger partial charge is 0.256 e. The van der Waals surface area contributed by atoms with Gasteiger partial charge in [-0.25, -0.2) is 4.98 Å². The third-order valence-electron chi connectivity index (χ3n) is 8.08. The molecule has 0 radical (unpaired) electrons. The molecule has 0 amide bonds. The minimum Gasteiger partial charge on any atom is -0.256 e. The molecule has 0 bridgehead atoms. The van der Waals surface area contributed by atoms with E-state index in [0.29, 0.717) is 0 Å². The van der Waals surface area contributed by atoms with E-state index < -0.39 is 0 Å². The van der Waals surface area contributed by atoms with Crippen LogP contribution < -0.4 is 0 Å². The van der Waals surface area contributed by atoms with E-state index in [2.05, 4.69) is 127 Å². The highest BCUT2D eigenvalue weighted by atomic mass is 14.7. The zero-order valence-electron chi connectivity index (χ0n) is 23.9. The predicted octanol–water partition coefficient (Wildman–Crippen LogP) is 10.5. The number of hydrogen-bond acceptors (Lipinski definition) is 3. The first-order chi connectivity index (χ1) is 21.8. The van der Waals surface area contributed by atoms with Crippen LogP contribution in [0.2, 0.25) is 0 Å². The number of nitrogens with zero attached hydrogens (tertiary/aromatic N) is 3. The van der Waals surface area contributed by atoms with Crippen molar-refractivity contribution in [3.8, 4) is 56.2 Å². The number of pyridine rings is 3. The molecule has 8 aromatic rings. The first-order valence-corrected chi connectivity index (χ1v) is 14.8. The highest BCUT2D eigenvalue weighted by molar-refractivity contribution is 5.90. The van der Waals surface area contributed by atoms with Crippen molar-refractivity contribution < 1.29 is 0 Å². The molecule has 0 aliphatic carbocycles. The van der Waals surface area contributed by atoms with Gasteiger partial charge in [-0.3, -0.25) is 9.97 Å². The van der Waals surface area contributed by atoms with Crippen LogP contribution >= 0.6 is 0 Å². The summed E-state index contributed by atoms with van der Waals surface area (Å²) in [5, 5.41) is 4.57. The minimum atomic E-state index is 0.924. The maximum absolute atomic E-state index is 5.10. The Bertz CT molecular complexity index is 2120. The van der Waals surface area contributed by atoms with Crippen molar-refractivity contribution in [1.82, 2.24) is 15.0 Å². The Morgan fingerprint density at radius 3 is 1.14 bits per heavy atom. The van der Waals surface area contributed by atoms with E-state index in [4.69, 9.17) is 15.0 Å². The number of rotatable bonds is 5. The molecule has 0 atom stereocenters. The molecule has 0 aliphatic rings. The molecular formula is C41H27N3. The van der Waals surface area contributed by atoms with E-state index in [1.54, 1.807) is 0 Å². The van der Waals surface area contributed by atoms with Gasteiger partial charge < -0.3 is 0 Å². The molecule has 206 valence electrons. The average molecular weight is 562 g/mol. The first kappa shape index (κ1) is 25.8. The van der Waals surface area contributed by atoms with Gasteiger partial charge >= 0.3 is 0 Å². The van der Waals surface area contributed by atoms with Gasteiger partial charge in [-0.2, -0.15) is 0 Å². The summed E-state index contributed by atoms with van der Waals surface area (Å²) in [5.74, 6) is 0. The lowest BCUT2D eigenvalue weighted by atomic mass is 9.94. The van der Waals surface area contributed by atoms with Crippen LogP contribution in [0.4, 0.5) is 0 Å². The summed E-state index contributed by atoms with van der Waals surface area (Å²) in [4.78, 5) is 14.9. The van der Waals surface area contributed by atoms with Gasteiger partial charge in [-0.15, -0.1) is 0 Å². The molecule has 44 heavy (non-hydrogen) atoms. The maximum atomic E-state index is 5.10. The van der Waals surface area contributed by atoms with Crippen LogP contribution in [-0.2, 0) is 0 Å². The molecule has 0 saturated carbocycles.